The highest BCUT2D eigenvalue weighted by Crippen LogP contribution is 2.26. The van der Waals surface area contributed by atoms with Crippen molar-refractivity contribution in [1.29, 1.82) is 0 Å². The van der Waals surface area contributed by atoms with Crippen molar-refractivity contribution in [2.45, 2.75) is 6.92 Å². The van der Waals surface area contributed by atoms with Crippen molar-refractivity contribution in [1.82, 2.24) is 0 Å². The predicted molar refractivity (Wildman–Crippen MR) is 52.9 cm³/mol. The first-order chi connectivity index (χ1) is 6.50. The molecule has 1 rings (SSSR count). The maximum absolute atomic E-state index is 10.7. The molecule has 0 saturated heterocycles. The first kappa shape index (κ1) is 11.0. The van der Waals surface area contributed by atoms with E-state index in [1.165, 1.54) is 25.1 Å². The van der Waals surface area contributed by atoms with Crippen LogP contribution in [0.2, 0.25) is 5.02 Å². The average molecular weight is 233 g/mol. The zero-order valence-electron chi connectivity index (χ0n) is 7.21. The van der Waals surface area contributed by atoms with Crippen molar-refractivity contribution in [3.63, 3.8) is 0 Å². The van der Waals surface area contributed by atoms with Crippen LogP contribution in [0.15, 0.2) is 18.2 Å². The summed E-state index contributed by atoms with van der Waals surface area (Å²) in [5.74, 6) is -0.266. The minimum absolute atomic E-state index is 0.173. The molecule has 0 amide bonds. The van der Waals surface area contributed by atoms with Gasteiger partial charge in [-0.1, -0.05) is 11.6 Å². The highest BCUT2D eigenvalue weighted by atomic mass is 35.5. The zero-order valence-corrected chi connectivity index (χ0v) is 8.72. The largest absolute Gasteiger partial charge is 0.425 e. The quantitative estimate of drug-likeness (QED) is 0.448. The molecule has 0 saturated carbocycles. The van der Waals surface area contributed by atoms with Gasteiger partial charge in [0.05, 0.1) is 5.02 Å². The van der Waals surface area contributed by atoms with Crippen LogP contribution in [-0.2, 0) is 4.79 Å². The average Bonchev–Trinajstić information content (AvgIpc) is 2.07. The Morgan fingerprint density at radius 2 is 2.00 bits per heavy atom. The summed E-state index contributed by atoms with van der Waals surface area (Å²) in [5, 5.41) is -0.437. The van der Waals surface area contributed by atoms with Crippen LogP contribution >= 0.6 is 23.2 Å². The first-order valence-electron chi connectivity index (χ1n) is 3.68. The number of hydrogen-bond acceptors (Lipinski definition) is 3. The van der Waals surface area contributed by atoms with Gasteiger partial charge in [-0.05, 0) is 29.8 Å². The third-order valence-electron chi connectivity index (χ3n) is 1.41. The highest BCUT2D eigenvalue weighted by molar-refractivity contribution is 6.67. The lowest BCUT2D eigenvalue weighted by molar-refractivity contribution is -0.131. The molecule has 0 heterocycles. The Kier molecular flexibility index (Phi) is 3.49. The molecule has 14 heavy (non-hydrogen) atoms. The molecular weight excluding hydrogens is 227 g/mol. The van der Waals surface area contributed by atoms with Gasteiger partial charge in [0, 0.05) is 12.5 Å². The van der Waals surface area contributed by atoms with E-state index in [2.05, 4.69) is 0 Å². The lowest BCUT2D eigenvalue weighted by Gasteiger charge is -2.03. The maximum Gasteiger partial charge on any atom is 0.308 e. The summed E-state index contributed by atoms with van der Waals surface area (Å²) in [6.45, 7) is 1.26. The van der Waals surface area contributed by atoms with Crippen molar-refractivity contribution in [2.24, 2.45) is 0 Å². The molecule has 0 atom stereocenters. The monoisotopic (exact) mass is 232 g/mol. The van der Waals surface area contributed by atoms with E-state index in [4.69, 9.17) is 27.9 Å². The third kappa shape index (κ3) is 2.72. The molecule has 0 aliphatic heterocycles. The van der Waals surface area contributed by atoms with Gasteiger partial charge in [-0.15, -0.1) is 0 Å². The van der Waals surface area contributed by atoms with E-state index < -0.39 is 11.2 Å². The second-order valence-electron chi connectivity index (χ2n) is 2.51. The normalized spacial score (nSPS) is 9.64. The van der Waals surface area contributed by atoms with Crippen LogP contribution in [0, 0.1) is 0 Å². The van der Waals surface area contributed by atoms with E-state index in [-0.39, 0.29) is 16.3 Å². The van der Waals surface area contributed by atoms with Gasteiger partial charge in [0.1, 0.15) is 5.75 Å². The molecule has 0 aliphatic rings. The van der Waals surface area contributed by atoms with Gasteiger partial charge in [-0.3, -0.25) is 9.59 Å². The fraction of sp³-hybridized carbons (Fsp3) is 0.111. The van der Waals surface area contributed by atoms with E-state index in [9.17, 15) is 9.59 Å². The summed E-state index contributed by atoms with van der Waals surface area (Å²) in [6, 6.07) is 4.19. The van der Waals surface area contributed by atoms with E-state index in [0.717, 1.165) is 0 Å². The topological polar surface area (TPSA) is 43.4 Å². The summed E-state index contributed by atoms with van der Waals surface area (Å²) in [5.41, 5.74) is 0.257. The van der Waals surface area contributed by atoms with Gasteiger partial charge in [0.25, 0.3) is 5.24 Å². The second kappa shape index (κ2) is 4.44. The number of carbonyl (C=O) groups excluding carboxylic acids is 2. The van der Waals surface area contributed by atoms with Crippen LogP contribution < -0.4 is 4.74 Å². The fourth-order valence-electron chi connectivity index (χ4n) is 0.861. The number of rotatable bonds is 2. The lowest BCUT2D eigenvalue weighted by atomic mass is 10.2. The van der Waals surface area contributed by atoms with Gasteiger partial charge in [-0.25, -0.2) is 0 Å². The number of esters is 1. The Morgan fingerprint density at radius 3 is 2.43 bits per heavy atom. The fourth-order valence-corrected chi connectivity index (χ4v) is 1.20. The van der Waals surface area contributed by atoms with Gasteiger partial charge in [0.15, 0.2) is 0 Å². The van der Waals surface area contributed by atoms with E-state index in [0.29, 0.717) is 0 Å². The molecule has 74 valence electrons. The number of hydrogen-bond donors (Lipinski definition) is 0. The summed E-state index contributed by atoms with van der Waals surface area (Å²) in [4.78, 5) is 21.3. The molecule has 0 aromatic heterocycles. The van der Waals surface area contributed by atoms with Crippen molar-refractivity contribution in [3.05, 3.63) is 28.8 Å². The van der Waals surface area contributed by atoms with Crippen molar-refractivity contribution in [2.75, 3.05) is 0 Å². The van der Waals surface area contributed by atoms with E-state index in [1.807, 2.05) is 0 Å². The van der Waals surface area contributed by atoms with E-state index in [1.54, 1.807) is 0 Å². The molecular formula is C9H6Cl2O3. The molecule has 0 spiro atoms. The van der Waals surface area contributed by atoms with Crippen LogP contribution in [-0.4, -0.2) is 11.2 Å². The molecule has 0 bridgehead atoms. The predicted octanol–water partition coefficient (Wildman–Crippen LogP) is 2.64. The van der Waals surface area contributed by atoms with Gasteiger partial charge in [-0.2, -0.15) is 0 Å². The molecule has 5 heteroatoms. The SMILES string of the molecule is CC(=O)Oc1ccc(C(=O)Cl)cc1Cl. The molecule has 0 unspecified atom stereocenters. The zero-order chi connectivity index (χ0) is 10.7. The Labute approximate surface area is 90.6 Å². The van der Waals surface area contributed by atoms with Crippen molar-refractivity contribution < 1.29 is 14.3 Å². The summed E-state index contributed by atoms with van der Waals surface area (Å²) in [6.07, 6.45) is 0. The number of halogens is 2. The van der Waals surface area contributed by atoms with Crippen LogP contribution in [0.4, 0.5) is 0 Å². The molecule has 3 nitrogen and oxygen atoms in total. The van der Waals surface area contributed by atoms with E-state index >= 15 is 0 Å². The third-order valence-corrected chi connectivity index (χ3v) is 1.93. The highest BCUT2D eigenvalue weighted by Gasteiger charge is 2.08. The number of ether oxygens (including phenoxy) is 1. The van der Waals surface area contributed by atoms with Crippen molar-refractivity contribution >= 4 is 34.4 Å². The molecule has 0 fully saturated rings. The minimum Gasteiger partial charge on any atom is -0.425 e. The summed E-state index contributed by atoms with van der Waals surface area (Å²) in [7, 11) is 0. The maximum atomic E-state index is 10.7. The molecule has 0 radical (unpaired) electrons. The molecule has 1 aromatic carbocycles. The standard InChI is InChI=1S/C9H6Cl2O3/c1-5(12)14-8-3-2-6(9(11)13)4-7(8)10/h2-4H,1H3. The second-order valence-corrected chi connectivity index (χ2v) is 3.26. The Bertz CT molecular complexity index is 388. The lowest BCUT2D eigenvalue weighted by Crippen LogP contribution is -2.02. The number of carbonyl (C=O) groups is 2. The van der Waals surface area contributed by atoms with Gasteiger partial charge < -0.3 is 4.74 Å². The van der Waals surface area contributed by atoms with Crippen molar-refractivity contribution in [3.8, 4) is 5.75 Å². The Balaban J connectivity index is 3.01. The van der Waals surface area contributed by atoms with Crippen LogP contribution in [0.5, 0.6) is 5.75 Å². The molecule has 0 N–H and O–H groups in total. The van der Waals surface area contributed by atoms with Crippen LogP contribution in [0.3, 0.4) is 0 Å². The minimum atomic E-state index is -0.610. The smallest absolute Gasteiger partial charge is 0.308 e. The van der Waals surface area contributed by atoms with Gasteiger partial charge in [0.2, 0.25) is 0 Å². The first-order valence-corrected chi connectivity index (χ1v) is 4.44. The van der Waals surface area contributed by atoms with Gasteiger partial charge >= 0.3 is 5.97 Å². The summed E-state index contributed by atoms with van der Waals surface area (Å²) >= 11 is 11.0. The Morgan fingerprint density at radius 1 is 1.36 bits per heavy atom. The number of benzene rings is 1. The summed E-state index contributed by atoms with van der Waals surface area (Å²) < 4.78 is 4.75. The Hall–Kier alpha value is -1.06. The van der Waals surface area contributed by atoms with Crippen LogP contribution in [0.25, 0.3) is 0 Å². The van der Waals surface area contributed by atoms with Crippen LogP contribution in [0.1, 0.15) is 17.3 Å². The molecule has 0 aliphatic carbocycles. The molecule has 1 aromatic rings.